The summed E-state index contributed by atoms with van der Waals surface area (Å²) in [6.45, 7) is 4.76. The minimum atomic E-state index is -2.93. The molecule has 12 aromatic carbocycles. The lowest BCUT2D eigenvalue weighted by Crippen LogP contribution is -2.72. The highest BCUT2D eigenvalue weighted by atomic mass is 28.3. The Morgan fingerprint density at radius 1 is 0.282 bits per heavy atom. The van der Waals surface area contributed by atoms with Crippen LogP contribution in [-0.2, 0) is 5.41 Å². The summed E-state index contributed by atoms with van der Waals surface area (Å²) >= 11 is 0. The van der Waals surface area contributed by atoms with Crippen molar-refractivity contribution < 1.29 is 1.37 Å². The number of hydrogen-bond donors (Lipinski definition) is 0. The molecule has 3 aliphatic rings. The molecule has 0 bridgehead atoms. The SMILES string of the molecule is [2H]c1ccc([Si]2(c3cccc(N(c4ccc(-c5cccc([Si]6(c7ccccc7)c7ccccc7-c7ccccc76)c5)c(-c5ccccc5)c4)c4ccc5c(c4)C(C)(C)c4ccccc4-5)c3)c3ccccc3-c3ccccc32)cc1. The van der Waals surface area contributed by atoms with Crippen LogP contribution >= 0.6 is 0 Å². The Balaban J connectivity index is 0.958. The van der Waals surface area contributed by atoms with Gasteiger partial charge in [-0.1, -0.05) is 275 Å². The summed E-state index contributed by atoms with van der Waals surface area (Å²) in [5.74, 6) is 0. The average Bonchev–Trinajstić information content (AvgIpc) is 3.26. The van der Waals surface area contributed by atoms with Gasteiger partial charge >= 0.3 is 0 Å². The predicted molar refractivity (Wildman–Crippen MR) is 335 cm³/mol. The van der Waals surface area contributed by atoms with E-state index in [9.17, 15) is 0 Å². The average molecular weight is 1030 g/mol. The fraction of sp³-hybridized carbons (Fsp3) is 0.0400. The van der Waals surface area contributed by atoms with Crippen LogP contribution in [-0.4, -0.2) is 16.1 Å². The van der Waals surface area contributed by atoms with Crippen molar-refractivity contribution in [3.8, 4) is 55.6 Å². The van der Waals surface area contributed by atoms with Crippen LogP contribution in [0.1, 0.15) is 26.3 Å². The molecule has 0 spiro atoms. The van der Waals surface area contributed by atoms with Crippen molar-refractivity contribution in [1.29, 1.82) is 0 Å². The summed E-state index contributed by atoms with van der Waals surface area (Å²) in [4.78, 5) is 2.51. The number of hydrogen-bond acceptors (Lipinski definition) is 1. The van der Waals surface area contributed by atoms with Crippen LogP contribution in [0.5, 0.6) is 0 Å². The van der Waals surface area contributed by atoms with E-state index in [1.807, 2.05) is 12.1 Å². The molecule has 0 saturated carbocycles. The zero-order valence-corrected chi connectivity index (χ0v) is 45.7. The molecule has 0 N–H and O–H groups in total. The summed E-state index contributed by atoms with van der Waals surface area (Å²) in [6.07, 6.45) is 0. The molecule has 0 aromatic heterocycles. The standard InChI is InChI=1S/C75H55NSi2/c1-75(2)69-39-17-12-34-62(69)63-47-45-56(51-70(63)75)76(54-27-23-33-60(49-54)78(58-30-10-5-11-31-58)73-42-20-15-37-66(73)67-38-16-21-43-74(67)78)55-44-46-61(68(50-55)52-24-6-3-7-25-52)53-26-22-32-59(48-53)77(57-28-8-4-9-29-57)71-40-18-13-35-64(71)65-36-14-19-41-72(65)77/h3-51H,1-2H3/i5D. The second kappa shape index (κ2) is 18.0. The molecule has 0 radical (unpaired) electrons. The van der Waals surface area contributed by atoms with Crippen molar-refractivity contribution in [2.45, 2.75) is 19.3 Å². The molecule has 3 heteroatoms. The van der Waals surface area contributed by atoms with Crippen LogP contribution in [0.2, 0.25) is 0 Å². The van der Waals surface area contributed by atoms with Gasteiger partial charge in [0.1, 0.15) is 0 Å². The van der Waals surface area contributed by atoms with Crippen LogP contribution < -0.4 is 46.4 Å². The molecule has 0 amide bonds. The lowest BCUT2D eigenvalue weighted by atomic mass is 9.82. The molecular formula is C75H55NSi2. The van der Waals surface area contributed by atoms with Crippen molar-refractivity contribution in [3.63, 3.8) is 0 Å². The first-order valence-electron chi connectivity index (χ1n) is 27.8. The molecule has 1 aliphatic carbocycles. The van der Waals surface area contributed by atoms with Gasteiger partial charge in [0.25, 0.3) is 0 Å². The molecule has 1 nitrogen and oxygen atoms in total. The second-order valence-corrected chi connectivity index (χ2v) is 29.3. The zero-order chi connectivity index (χ0) is 52.9. The van der Waals surface area contributed by atoms with Gasteiger partial charge in [0.2, 0.25) is 0 Å². The molecule has 0 saturated heterocycles. The van der Waals surface area contributed by atoms with E-state index >= 15 is 0 Å². The topological polar surface area (TPSA) is 3.24 Å². The first-order valence-corrected chi connectivity index (χ1v) is 31.3. The van der Waals surface area contributed by atoms with Crippen LogP contribution in [0, 0.1) is 0 Å². The third kappa shape index (κ3) is 6.72. The fourth-order valence-electron chi connectivity index (χ4n) is 14.2. The number of fused-ring (bicyclic) bond motifs is 9. The molecule has 2 heterocycles. The Kier molecular flexibility index (Phi) is 10.4. The summed E-state index contributed by atoms with van der Waals surface area (Å²) in [7, 11) is -5.68. The lowest BCUT2D eigenvalue weighted by Gasteiger charge is -2.33. The van der Waals surface area contributed by atoms with E-state index < -0.39 is 16.1 Å². The van der Waals surface area contributed by atoms with E-state index in [-0.39, 0.29) is 5.41 Å². The van der Waals surface area contributed by atoms with Gasteiger partial charge < -0.3 is 4.90 Å². The van der Waals surface area contributed by atoms with Gasteiger partial charge in [-0.3, -0.25) is 0 Å². The third-order valence-corrected chi connectivity index (χ3v) is 27.3. The summed E-state index contributed by atoms with van der Waals surface area (Å²) in [5.41, 5.74) is 18.4. The molecule has 15 rings (SSSR count). The Hall–Kier alpha value is -9.13. The van der Waals surface area contributed by atoms with Gasteiger partial charge in [0, 0.05) is 22.5 Å². The van der Waals surface area contributed by atoms with E-state index in [4.69, 9.17) is 1.37 Å². The molecule has 2 aliphatic heterocycles. The van der Waals surface area contributed by atoms with E-state index in [1.54, 1.807) is 0 Å². The highest BCUT2D eigenvalue weighted by Crippen LogP contribution is 2.51. The lowest BCUT2D eigenvalue weighted by molar-refractivity contribution is 0.660. The Morgan fingerprint density at radius 3 is 1.28 bits per heavy atom. The molecule has 0 atom stereocenters. The molecular weight excluding hydrogens is 971 g/mol. The summed E-state index contributed by atoms with van der Waals surface area (Å²) in [6, 6.07) is 110. The largest absolute Gasteiger partial charge is 0.310 e. The van der Waals surface area contributed by atoms with Gasteiger partial charge in [-0.15, -0.1) is 0 Å². The van der Waals surface area contributed by atoms with Crippen molar-refractivity contribution in [2.75, 3.05) is 4.90 Å². The minimum absolute atomic E-state index is 0.196. The fourth-order valence-corrected chi connectivity index (χ4v) is 24.6. The maximum Gasteiger partial charge on any atom is 0.180 e. The Labute approximate surface area is 461 Å². The van der Waals surface area contributed by atoms with E-state index in [0.717, 1.165) is 17.1 Å². The van der Waals surface area contributed by atoms with Crippen LogP contribution in [0.4, 0.5) is 17.1 Å². The molecule has 78 heavy (non-hydrogen) atoms. The minimum Gasteiger partial charge on any atom is -0.310 e. The molecule has 368 valence electrons. The van der Waals surface area contributed by atoms with Crippen LogP contribution in [0.25, 0.3) is 55.6 Å². The first-order chi connectivity index (χ1) is 38.8. The molecule has 0 unspecified atom stereocenters. The quantitative estimate of drug-likeness (QED) is 0.130. The zero-order valence-electron chi connectivity index (χ0n) is 44.7. The maximum atomic E-state index is 8.63. The number of benzene rings is 12. The van der Waals surface area contributed by atoms with Gasteiger partial charge in [0.15, 0.2) is 16.1 Å². The second-order valence-electron chi connectivity index (χ2n) is 21.8. The maximum absolute atomic E-state index is 8.63. The van der Waals surface area contributed by atoms with Gasteiger partial charge in [0.05, 0.1) is 1.37 Å². The molecule has 12 aromatic rings. The summed E-state index contributed by atoms with van der Waals surface area (Å²) in [5, 5.41) is 11.0. The van der Waals surface area contributed by atoms with E-state index in [2.05, 4.69) is 298 Å². The van der Waals surface area contributed by atoms with Crippen LogP contribution in [0.15, 0.2) is 297 Å². The van der Waals surface area contributed by atoms with E-state index in [0.29, 0.717) is 6.04 Å². The van der Waals surface area contributed by atoms with Gasteiger partial charge in [-0.25, -0.2) is 0 Å². The number of nitrogens with zero attached hydrogens (tertiary/aromatic N) is 1. The molecule has 0 fully saturated rings. The highest BCUT2D eigenvalue weighted by molar-refractivity contribution is 7.23. The van der Waals surface area contributed by atoms with Crippen molar-refractivity contribution in [3.05, 3.63) is 308 Å². The Bertz CT molecular complexity index is 4280. The van der Waals surface area contributed by atoms with Crippen molar-refractivity contribution in [1.82, 2.24) is 0 Å². The van der Waals surface area contributed by atoms with Crippen molar-refractivity contribution in [2.24, 2.45) is 0 Å². The summed E-state index contributed by atoms with van der Waals surface area (Å²) < 4.78 is 8.63. The van der Waals surface area contributed by atoms with E-state index in [1.165, 1.54) is 108 Å². The van der Waals surface area contributed by atoms with Gasteiger partial charge in [-0.05, 0) is 145 Å². The number of anilines is 3. The number of rotatable bonds is 9. The van der Waals surface area contributed by atoms with Gasteiger partial charge in [-0.2, -0.15) is 0 Å². The Morgan fingerprint density at radius 2 is 0.692 bits per heavy atom. The first kappa shape index (κ1) is 45.1. The highest BCUT2D eigenvalue weighted by Gasteiger charge is 2.50. The smallest absolute Gasteiger partial charge is 0.180 e. The monoisotopic (exact) mass is 1030 g/mol. The third-order valence-electron chi connectivity index (χ3n) is 17.6. The van der Waals surface area contributed by atoms with Crippen LogP contribution in [0.3, 0.4) is 0 Å². The predicted octanol–water partition coefficient (Wildman–Crippen LogP) is 13.5. The van der Waals surface area contributed by atoms with Crippen molar-refractivity contribution >= 4 is 74.7 Å². The normalized spacial score (nSPS) is 14.5.